The molecule has 5 heteroatoms. The molecule has 1 spiro atoms. The molecule has 144 valence electrons. The van der Waals surface area contributed by atoms with Crippen LogP contribution in [0.1, 0.15) is 44.1 Å². The van der Waals surface area contributed by atoms with Gasteiger partial charge in [0.05, 0.1) is 19.3 Å². The molecule has 2 aliphatic heterocycles. The molecule has 5 nitrogen and oxygen atoms in total. The molecule has 26 heavy (non-hydrogen) atoms. The second-order valence-corrected chi connectivity index (χ2v) is 8.13. The van der Waals surface area contributed by atoms with E-state index in [2.05, 4.69) is 15.9 Å². The van der Waals surface area contributed by atoms with Crippen molar-refractivity contribution in [3.8, 4) is 11.5 Å². The summed E-state index contributed by atoms with van der Waals surface area (Å²) >= 11 is 0. The molecule has 0 aromatic heterocycles. The van der Waals surface area contributed by atoms with Gasteiger partial charge in [0.1, 0.15) is 0 Å². The first kappa shape index (κ1) is 18.1. The second kappa shape index (κ2) is 7.75. The van der Waals surface area contributed by atoms with Crippen molar-refractivity contribution < 1.29 is 14.6 Å². The van der Waals surface area contributed by atoms with Crippen molar-refractivity contribution in [1.82, 2.24) is 9.80 Å². The largest absolute Gasteiger partial charge is 0.504 e. The van der Waals surface area contributed by atoms with E-state index < -0.39 is 0 Å². The average molecular weight is 360 g/mol. The van der Waals surface area contributed by atoms with Crippen LogP contribution in [0.15, 0.2) is 18.2 Å². The van der Waals surface area contributed by atoms with E-state index in [4.69, 9.17) is 9.47 Å². The second-order valence-electron chi connectivity index (χ2n) is 8.13. The Morgan fingerprint density at radius 2 is 2.04 bits per heavy atom. The zero-order valence-corrected chi connectivity index (χ0v) is 16.0. The van der Waals surface area contributed by atoms with Gasteiger partial charge >= 0.3 is 0 Å². The molecule has 3 aliphatic rings. The fraction of sp³-hybridized carbons (Fsp3) is 0.714. The van der Waals surface area contributed by atoms with E-state index in [1.165, 1.54) is 51.6 Å². The zero-order chi connectivity index (χ0) is 18.0. The van der Waals surface area contributed by atoms with Gasteiger partial charge in [-0.25, -0.2) is 0 Å². The highest BCUT2D eigenvalue weighted by atomic mass is 16.5. The van der Waals surface area contributed by atoms with Gasteiger partial charge in [0.25, 0.3) is 0 Å². The van der Waals surface area contributed by atoms with E-state index in [1.807, 2.05) is 12.1 Å². The highest BCUT2D eigenvalue weighted by Gasteiger charge is 2.47. The lowest BCUT2D eigenvalue weighted by Crippen LogP contribution is -2.63. The Hall–Kier alpha value is -1.30. The number of likely N-dealkylation sites (tertiary alicyclic amines) is 1. The van der Waals surface area contributed by atoms with Crippen LogP contribution in [0.2, 0.25) is 0 Å². The van der Waals surface area contributed by atoms with Crippen molar-refractivity contribution in [3.63, 3.8) is 0 Å². The number of hydrogen-bond acceptors (Lipinski definition) is 5. The predicted molar refractivity (Wildman–Crippen MR) is 102 cm³/mol. The van der Waals surface area contributed by atoms with E-state index >= 15 is 0 Å². The van der Waals surface area contributed by atoms with Crippen LogP contribution in [0.4, 0.5) is 0 Å². The smallest absolute Gasteiger partial charge is 0.160 e. The van der Waals surface area contributed by atoms with Gasteiger partial charge in [0.2, 0.25) is 0 Å². The summed E-state index contributed by atoms with van der Waals surface area (Å²) in [7, 11) is 1.59. The maximum absolute atomic E-state index is 10.1. The molecule has 1 N–H and O–H groups in total. The molecule has 4 rings (SSSR count). The van der Waals surface area contributed by atoms with E-state index in [-0.39, 0.29) is 11.4 Å². The molecular formula is C21H32N2O3. The first-order valence-corrected chi connectivity index (χ1v) is 10.2. The highest BCUT2D eigenvalue weighted by molar-refractivity contribution is 5.41. The fourth-order valence-electron chi connectivity index (χ4n) is 5.22. The summed E-state index contributed by atoms with van der Waals surface area (Å²) in [5, 5.41) is 10.1. The normalized spacial score (nSPS) is 30.7. The maximum Gasteiger partial charge on any atom is 0.160 e. The number of aromatic hydroxyl groups is 1. The molecule has 1 aromatic rings. The first-order chi connectivity index (χ1) is 12.7. The summed E-state index contributed by atoms with van der Waals surface area (Å²) in [6.45, 7) is 6.11. The van der Waals surface area contributed by atoms with Crippen LogP contribution in [0.3, 0.4) is 0 Å². The average Bonchev–Trinajstić information content (AvgIpc) is 3.17. The van der Waals surface area contributed by atoms with Crippen molar-refractivity contribution >= 4 is 0 Å². The van der Waals surface area contributed by atoms with Crippen LogP contribution in [0, 0.1) is 0 Å². The third-order valence-corrected chi connectivity index (χ3v) is 6.45. The van der Waals surface area contributed by atoms with Gasteiger partial charge in [-0.2, -0.15) is 0 Å². The van der Waals surface area contributed by atoms with Crippen molar-refractivity contribution in [1.29, 1.82) is 0 Å². The van der Waals surface area contributed by atoms with E-state index in [1.54, 1.807) is 7.11 Å². The van der Waals surface area contributed by atoms with Crippen molar-refractivity contribution in [2.24, 2.45) is 0 Å². The number of rotatable bonds is 4. The number of methoxy groups -OCH3 is 1. The van der Waals surface area contributed by atoms with E-state index in [0.717, 1.165) is 31.8 Å². The molecule has 3 fully saturated rings. The lowest BCUT2D eigenvalue weighted by atomic mass is 9.78. The van der Waals surface area contributed by atoms with E-state index in [9.17, 15) is 5.11 Å². The summed E-state index contributed by atoms with van der Waals surface area (Å²) in [6.07, 6.45) is 7.73. The van der Waals surface area contributed by atoms with Gasteiger partial charge in [-0.1, -0.05) is 18.9 Å². The molecule has 2 atom stereocenters. The van der Waals surface area contributed by atoms with Crippen molar-refractivity contribution in [2.75, 3.05) is 39.9 Å². The number of morpholine rings is 1. The van der Waals surface area contributed by atoms with Crippen LogP contribution in [0.25, 0.3) is 0 Å². The minimum absolute atomic E-state index is 0.00461. The van der Waals surface area contributed by atoms with Gasteiger partial charge in [0, 0.05) is 25.7 Å². The Bertz CT molecular complexity index is 613. The highest BCUT2D eigenvalue weighted by Crippen LogP contribution is 2.39. The summed E-state index contributed by atoms with van der Waals surface area (Å²) in [4.78, 5) is 5.21. The van der Waals surface area contributed by atoms with Crippen LogP contribution >= 0.6 is 0 Å². The lowest BCUT2D eigenvalue weighted by Gasteiger charge is -2.52. The molecule has 0 radical (unpaired) electrons. The number of ether oxygens (including phenoxy) is 2. The molecule has 1 saturated carbocycles. The van der Waals surface area contributed by atoms with Crippen LogP contribution in [-0.2, 0) is 11.3 Å². The molecule has 0 bridgehead atoms. The monoisotopic (exact) mass is 360 g/mol. The minimum atomic E-state index is -0.00461. The number of benzene rings is 1. The van der Waals surface area contributed by atoms with E-state index in [0.29, 0.717) is 11.8 Å². The molecular weight excluding hydrogens is 328 g/mol. The molecule has 0 amide bonds. The van der Waals surface area contributed by atoms with Gasteiger partial charge in [-0.05, 0) is 56.5 Å². The van der Waals surface area contributed by atoms with Crippen molar-refractivity contribution in [3.05, 3.63) is 23.8 Å². The van der Waals surface area contributed by atoms with Gasteiger partial charge in [-0.3, -0.25) is 9.80 Å². The molecule has 2 heterocycles. The summed E-state index contributed by atoms with van der Waals surface area (Å²) in [5.74, 6) is 0.758. The first-order valence-electron chi connectivity index (χ1n) is 10.2. The Morgan fingerprint density at radius 1 is 1.19 bits per heavy atom. The Balaban J connectivity index is 1.48. The Labute approximate surface area is 156 Å². The van der Waals surface area contributed by atoms with Crippen LogP contribution in [-0.4, -0.2) is 66.4 Å². The van der Waals surface area contributed by atoms with Gasteiger partial charge in [0.15, 0.2) is 11.5 Å². The third kappa shape index (κ3) is 3.57. The number of nitrogens with zero attached hydrogens (tertiary/aromatic N) is 2. The predicted octanol–water partition coefficient (Wildman–Crippen LogP) is 3.01. The Kier molecular flexibility index (Phi) is 5.39. The summed E-state index contributed by atoms with van der Waals surface area (Å²) in [6, 6.07) is 6.32. The van der Waals surface area contributed by atoms with Crippen LogP contribution in [0.5, 0.6) is 11.5 Å². The maximum atomic E-state index is 10.1. The number of phenolic OH excluding ortho intramolecular Hbond substituents is 1. The van der Waals surface area contributed by atoms with Gasteiger partial charge < -0.3 is 14.6 Å². The third-order valence-electron chi connectivity index (χ3n) is 6.45. The fourth-order valence-corrected chi connectivity index (χ4v) is 5.22. The number of phenols is 1. The Morgan fingerprint density at radius 3 is 2.81 bits per heavy atom. The minimum Gasteiger partial charge on any atom is -0.504 e. The molecule has 1 aliphatic carbocycles. The quantitative estimate of drug-likeness (QED) is 0.894. The molecule has 1 aromatic carbocycles. The lowest BCUT2D eigenvalue weighted by molar-refractivity contribution is -0.165. The van der Waals surface area contributed by atoms with Crippen molar-refractivity contribution in [2.45, 2.75) is 56.7 Å². The number of hydrogen-bond donors (Lipinski definition) is 1. The topological polar surface area (TPSA) is 45.2 Å². The summed E-state index contributed by atoms with van der Waals surface area (Å²) < 4.78 is 11.7. The standard InChI is InChI=1S/C21H32N2O3/c1-25-19-8-7-17(14-18(19)24)15-22-12-13-26-21(16-22)9-3-2-6-20(21)23-10-4-5-11-23/h7-8,14,20,24H,2-6,9-13,15-16H2,1H3/t20-,21+/m0/s1. The summed E-state index contributed by atoms with van der Waals surface area (Å²) in [5.41, 5.74) is 1.13. The van der Waals surface area contributed by atoms with Gasteiger partial charge in [-0.15, -0.1) is 0 Å². The SMILES string of the molecule is COc1ccc(CN2CCO[C@]3(CCCC[C@@H]3N3CCCC3)C2)cc1O. The van der Waals surface area contributed by atoms with Crippen LogP contribution < -0.4 is 4.74 Å². The molecule has 2 saturated heterocycles. The zero-order valence-electron chi connectivity index (χ0n) is 16.0. The molecule has 0 unspecified atom stereocenters.